The second-order valence-electron chi connectivity index (χ2n) is 7.60. The second kappa shape index (κ2) is 7.40. The molecular formula is C22H18ClF2NO4. The van der Waals surface area contributed by atoms with Crippen LogP contribution in [-0.2, 0) is 4.79 Å². The molecule has 5 nitrogen and oxygen atoms in total. The molecule has 2 N–H and O–H groups in total. The highest BCUT2D eigenvalue weighted by Crippen LogP contribution is 2.45. The lowest BCUT2D eigenvalue weighted by atomic mass is 9.72. The number of aromatic nitrogens is 1. The largest absolute Gasteiger partial charge is 0.505 e. The van der Waals surface area contributed by atoms with E-state index in [1.165, 1.54) is 16.7 Å². The zero-order valence-electron chi connectivity index (χ0n) is 16.0. The molecule has 1 aliphatic carbocycles. The average Bonchev–Trinajstić information content (AvgIpc) is 2.91. The summed E-state index contributed by atoms with van der Waals surface area (Å²) in [6.45, 7) is 1.57. The van der Waals surface area contributed by atoms with Crippen LogP contribution < -0.4 is 0 Å². The maximum Gasteiger partial charge on any atom is 0.311 e. The summed E-state index contributed by atoms with van der Waals surface area (Å²) in [6, 6.07) is 5.70. The smallest absolute Gasteiger partial charge is 0.311 e. The summed E-state index contributed by atoms with van der Waals surface area (Å²) < 4.78 is 29.3. The van der Waals surface area contributed by atoms with Gasteiger partial charge in [0.05, 0.1) is 16.5 Å². The Hall–Kier alpha value is -2.93. The zero-order valence-corrected chi connectivity index (χ0v) is 16.7. The van der Waals surface area contributed by atoms with Gasteiger partial charge in [-0.2, -0.15) is 0 Å². The number of rotatable bonds is 4. The van der Waals surface area contributed by atoms with E-state index in [0.29, 0.717) is 11.3 Å². The van der Waals surface area contributed by atoms with Gasteiger partial charge >= 0.3 is 5.97 Å². The molecule has 0 aliphatic heterocycles. The lowest BCUT2D eigenvalue weighted by Crippen LogP contribution is -2.27. The number of phenols is 1. The van der Waals surface area contributed by atoms with Crippen molar-refractivity contribution in [3.8, 4) is 5.75 Å². The maximum atomic E-state index is 14.2. The highest BCUT2D eigenvalue weighted by Gasteiger charge is 2.38. The number of halogens is 3. The molecule has 0 radical (unpaired) electrons. The average molecular weight is 434 g/mol. The summed E-state index contributed by atoms with van der Waals surface area (Å²) in [5.74, 6) is -5.07. The van der Waals surface area contributed by atoms with Gasteiger partial charge in [-0.25, -0.2) is 8.78 Å². The molecule has 1 saturated carbocycles. The van der Waals surface area contributed by atoms with Crippen LogP contribution in [0.5, 0.6) is 5.75 Å². The molecule has 1 fully saturated rings. The van der Waals surface area contributed by atoms with Crippen molar-refractivity contribution >= 4 is 34.4 Å². The fraction of sp³-hybridized carbons (Fsp3) is 0.273. The number of carbonyl (C=O) groups is 2. The van der Waals surface area contributed by atoms with Crippen molar-refractivity contribution < 1.29 is 28.6 Å². The third-order valence-electron chi connectivity index (χ3n) is 5.89. The fourth-order valence-corrected chi connectivity index (χ4v) is 4.31. The molecule has 0 saturated heterocycles. The van der Waals surface area contributed by atoms with Gasteiger partial charge in [-0.3, -0.25) is 14.2 Å². The summed E-state index contributed by atoms with van der Waals surface area (Å²) in [5.41, 5.74) is 0.770. The minimum Gasteiger partial charge on any atom is -0.505 e. The number of nitrogens with zero attached hydrogens (tertiary/aromatic N) is 1. The number of carboxylic acid groups (broad SMARTS) is 1. The Labute approximate surface area is 175 Å². The minimum absolute atomic E-state index is 0.0209. The van der Waals surface area contributed by atoms with Crippen molar-refractivity contribution in [3.63, 3.8) is 0 Å². The Morgan fingerprint density at radius 2 is 1.87 bits per heavy atom. The molecule has 3 aromatic rings. The lowest BCUT2D eigenvalue weighted by Gasteiger charge is -2.31. The van der Waals surface area contributed by atoms with Crippen LogP contribution in [0.1, 0.15) is 46.8 Å². The number of carbonyl (C=O) groups excluding carboxylic acids is 1. The number of benzene rings is 2. The number of phenolic OH excluding ortho intramolecular Hbond substituents is 1. The Kier molecular flexibility index (Phi) is 5.02. The molecular weight excluding hydrogens is 416 g/mol. The molecule has 1 aromatic heterocycles. The van der Waals surface area contributed by atoms with E-state index >= 15 is 0 Å². The van der Waals surface area contributed by atoms with Crippen molar-refractivity contribution in [2.75, 3.05) is 0 Å². The van der Waals surface area contributed by atoms with E-state index in [2.05, 4.69) is 0 Å². The van der Waals surface area contributed by atoms with Gasteiger partial charge in [0, 0.05) is 22.7 Å². The number of hydrogen-bond acceptors (Lipinski definition) is 3. The summed E-state index contributed by atoms with van der Waals surface area (Å²) in [6.07, 6.45) is 2.37. The molecule has 2 aromatic carbocycles. The monoisotopic (exact) mass is 433 g/mol. The first-order chi connectivity index (χ1) is 14.2. The first-order valence-corrected chi connectivity index (χ1v) is 9.84. The van der Waals surface area contributed by atoms with E-state index in [1.807, 2.05) is 0 Å². The molecule has 0 amide bonds. The van der Waals surface area contributed by atoms with Crippen LogP contribution in [0.15, 0.2) is 30.3 Å². The standard InChI is InChI=1S/C22H18ClF2NO4/c1-10-19(20(22(29)30)11-3-2-4-11)13-8-18(27)16(25)9-17(13)26(10)21(28)12-5-6-14(23)15(24)7-12/h5-9,11,20,27H,2-4H2,1H3,(H,29,30). The molecule has 0 bridgehead atoms. The Bertz CT molecular complexity index is 1200. The second-order valence-corrected chi connectivity index (χ2v) is 8.00. The molecule has 1 heterocycles. The van der Waals surface area contributed by atoms with Crippen LogP contribution in [0, 0.1) is 24.5 Å². The third-order valence-corrected chi connectivity index (χ3v) is 6.20. The van der Waals surface area contributed by atoms with Gasteiger partial charge in [-0.1, -0.05) is 18.0 Å². The number of aliphatic carboxylic acids is 1. The van der Waals surface area contributed by atoms with E-state index in [-0.39, 0.29) is 27.4 Å². The van der Waals surface area contributed by atoms with Crippen LogP contribution in [0.25, 0.3) is 10.9 Å². The van der Waals surface area contributed by atoms with Crippen molar-refractivity contribution in [1.82, 2.24) is 4.57 Å². The van der Waals surface area contributed by atoms with Crippen LogP contribution in [-0.4, -0.2) is 26.7 Å². The summed E-state index contributed by atoms with van der Waals surface area (Å²) in [4.78, 5) is 25.3. The Morgan fingerprint density at radius 3 is 2.43 bits per heavy atom. The SMILES string of the molecule is Cc1c(C(C(=O)O)C2CCC2)c2cc(O)c(F)cc2n1C(=O)c1ccc(Cl)c(F)c1. The van der Waals surface area contributed by atoms with Gasteiger partial charge in [0.1, 0.15) is 5.82 Å². The van der Waals surface area contributed by atoms with Gasteiger partial charge in [-0.05, 0) is 55.5 Å². The van der Waals surface area contributed by atoms with Crippen molar-refractivity contribution in [1.29, 1.82) is 0 Å². The minimum atomic E-state index is -1.05. The molecule has 1 unspecified atom stereocenters. The predicted molar refractivity (Wildman–Crippen MR) is 107 cm³/mol. The Morgan fingerprint density at radius 1 is 1.17 bits per heavy atom. The number of fused-ring (bicyclic) bond motifs is 1. The van der Waals surface area contributed by atoms with E-state index < -0.39 is 35.2 Å². The molecule has 156 valence electrons. The van der Waals surface area contributed by atoms with Gasteiger partial charge in [0.25, 0.3) is 5.91 Å². The first-order valence-electron chi connectivity index (χ1n) is 9.46. The summed E-state index contributed by atoms with van der Waals surface area (Å²) in [7, 11) is 0. The Balaban J connectivity index is 1.99. The van der Waals surface area contributed by atoms with Crippen LogP contribution in [0.3, 0.4) is 0 Å². The van der Waals surface area contributed by atoms with E-state index in [1.54, 1.807) is 6.92 Å². The van der Waals surface area contributed by atoms with Crippen LogP contribution in [0.4, 0.5) is 8.78 Å². The molecule has 1 atom stereocenters. The van der Waals surface area contributed by atoms with Gasteiger partial charge < -0.3 is 10.2 Å². The number of carboxylic acids is 1. The normalized spacial score (nSPS) is 15.2. The first kappa shape index (κ1) is 20.3. The number of hydrogen-bond donors (Lipinski definition) is 2. The maximum absolute atomic E-state index is 14.2. The van der Waals surface area contributed by atoms with Gasteiger partial charge in [0.15, 0.2) is 11.6 Å². The van der Waals surface area contributed by atoms with E-state index in [4.69, 9.17) is 11.6 Å². The van der Waals surface area contributed by atoms with E-state index in [0.717, 1.165) is 37.5 Å². The third kappa shape index (κ3) is 3.13. The van der Waals surface area contributed by atoms with Crippen LogP contribution in [0.2, 0.25) is 5.02 Å². The van der Waals surface area contributed by atoms with Gasteiger partial charge in [-0.15, -0.1) is 0 Å². The number of aromatic hydroxyl groups is 1. The zero-order chi connectivity index (χ0) is 21.7. The molecule has 0 spiro atoms. The molecule has 30 heavy (non-hydrogen) atoms. The topological polar surface area (TPSA) is 79.5 Å². The highest BCUT2D eigenvalue weighted by molar-refractivity contribution is 6.30. The lowest BCUT2D eigenvalue weighted by molar-refractivity contribution is -0.141. The summed E-state index contributed by atoms with van der Waals surface area (Å²) in [5, 5.41) is 20.0. The highest BCUT2D eigenvalue weighted by atomic mass is 35.5. The summed E-state index contributed by atoms with van der Waals surface area (Å²) >= 11 is 5.70. The van der Waals surface area contributed by atoms with Crippen molar-refractivity contribution in [3.05, 3.63) is 63.8 Å². The molecule has 4 rings (SSSR count). The quantitative estimate of drug-likeness (QED) is 0.589. The van der Waals surface area contributed by atoms with Crippen molar-refractivity contribution in [2.45, 2.75) is 32.1 Å². The van der Waals surface area contributed by atoms with Crippen molar-refractivity contribution in [2.24, 2.45) is 5.92 Å². The molecule has 8 heteroatoms. The molecule has 1 aliphatic rings. The fourth-order valence-electron chi connectivity index (χ4n) is 4.19. The predicted octanol–water partition coefficient (Wildman–Crippen LogP) is 5.24. The van der Waals surface area contributed by atoms with E-state index in [9.17, 15) is 28.6 Å². The van der Waals surface area contributed by atoms with Crippen LogP contribution >= 0.6 is 11.6 Å². The van der Waals surface area contributed by atoms with Gasteiger partial charge in [0.2, 0.25) is 0 Å².